The average molecular weight is 607 g/mol. The third-order valence-corrected chi connectivity index (χ3v) is 9.27. The Labute approximate surface area is 249 Å². The number of fused-ring (bicyclic) bond motifs is 1. The maximum atomic E-state index is 15.4. The van der Waals surface area contributed by atoms with Crippen molar-refractivity contribution in [3.63, 3.8) is 0 Å². The fraction of sp³-hybridized carbons (Fsp3) is 0.414. The Morgan fingerprint density at radius 3 is 2.58 bits per heavy atom. The summed E-state index contributed by atoms with van der Waals surface area (Å²) in [6.07, 6.45) is 2.13. The van der Waals surface area contributed by atoms with Gasteiger partial charge >= 0.3 is 0 Å². The van der Waals surface area contributed by atoms with E-state index in [4.69, 9.17) is 9.72 Å². The van der Waals surface area contributed by atoms with Crippen LogP contribution in [-0.4, -0.2) is 87.7 Å². The number of halogens is 2. The van der Waals surface area contributed by atoms with Gasteiger partial charge in [-0.3, -0.25) is 4.79 Å². The molecule has 1 aliphatic carbocycles. The van der Waals surface area contributed by atoms with Gasteiger partial charge in [0, 0.05) is 45.2 Å². The number of hydrogen-bond acceptors (Lipinski definition) is 10. The molecular weight excluding hydrogens is 578 g/mol. The Kier molecular flexibility index (Phi) is 6.76. The summed E-state index contributed by atoms with van der Waals surface area (Å²) in [7, 11) is 1.83. The summed E-state index contributed by atoms with van der Waals surface area (Å²) in [6, 6.07) is 9.93. The van der Waals surface area contributed by atoms with Crippen molar-refractivity contribution in [2.45, 2.75) is 30.9 Å². The van der Waals surface area contributed by atoms with Crippen molar-refractivity contribution < 1.29 is 23.4 Å². The molecule has 1 aromatic carbocycles. The summed E-state index contributed by atoms with van der Waals surface area (Å²) in [5.74, 6) is -0.691. The van der Waals surface area contributed by atoms with Crippen LogP contribution in [0.25, 0.3) is 22.3 Å². The van der Waals surface area contributed by atoms with Crippen LogP contribution in [0, 0.1) is 23.1 Å². The highest BCUT2D eigenvalue weighted by Gasteiger charge is 2.43. The molecule has 2 saturated heterocycles. The van der Waals surface area contributed by atoms with Gasteiger partial charge < -0.3 is 24.5 Å². The first-order chi connectivity index (χ1) is 20.8. The van der Waals surface area contributed by atoms with E-state index in [1.807, 2.05) is 21.5 Å². The van der Waals surface area contributed by atoms with Crippen molar-refractivity contribution >= 4 is 44.9 Å². The van der Waals surface area contributed by atoms with Crippen LogP contribution in [0.15, 0.2) is 30.3 Å². The lowest BCUT2D eigenvalue weighted by Gasteiger charge is -2.38. The number of carbonyl (C=O) groups excluding carboxylic acids is 1. The first-order valence-electron chi connectivity index (χ1n) is 14.1. The van der Waals surface area contributed by atoms with E-state index in [2.05, 4.69) is 16.2 Å². The molecule has 7 rings (SSSR count). The SMILES string of the molecule is CN(c1nc(-c2ccc(F)cc2)c(C#N)s1)c1c2cc(N3CCN(C(=O)[C@@]4(O)CCOC4)CC3)c(F)nc2nn1C1CC1. The minimum absolute atomic E-state index is 0.0110. The Morgan fingerprint density at radius 1 is 1.19 bits per heavy atom. The van der Waals surface area contributed by atoms with Crippen LogP contribution in [0.2, 0.25) is 0 Å². The van der Waals surface area contributed by atoms with Crippen molar-refractivity contribution in [3.05, 3.63) is 47.0 Å². The van der Waals surface area contributed by atoms with Crippen LogP contribution in [0.3, 0.4) is 0 Å². The fourth-order valence-corrected chi connectivity index (χ4v) is 6.55. The molecule has 4 aromatic rings. The van der Waals surface area contributed by atoms with Crippen molar-refractivity contribution in [2.24, 2.45) is 0 Å². The summed E-state index contributed by atoms with van der Waals surface area (Å²) in [4.78, 5) is 27.6. The lowest BCUT2D eigenvalue weighted by molar-refractivity contribution is -0.151. The first-order valence-corrected chi connectivity index (χ1v) is 14.9. The second kappa shape index (κ2) is 10.5. The number of amides is 1. The van der Waals surface area contributed by atoms with E-state index in [0.29, 0.717) is 70.9 Å². The highest BCUT2D eigenvalue weighted by molar-refractivity contribution is 7.16. The highest BCUT2D eigenvalue weighted by atomic mass is 32.1. The predicted octanol–water partition coefficient (Wildman–Crippen LogP) is 3.61. The number of ether oxygens (including phenoxy) is 1. The summed E-state index contributed by atoms with van der Waals surface area (Å²) in [6.45, 7) is 1.73. The minimum atomic E-state index is -1.50. The molecule has 0 bridgehead atoms. The normalized spacial score (nSPS) is 20.5. The average Bonchev–Trinajstić information content (AvgIpc) is 3.43. The maximum Gasteiger partial charge on any atom is 0.257 e. The number of anilines is 3. The topological polar surface area (TPSA) is 124 Å². The predicted molar refractivity (Wildman–Crippen MR) is 155 cm³/mol. The largest absolute Gasteiger partial charge is 0.378 e. The van der Waals surface area contributed by atoms with Gasteiger partial charge in [0.25, 0.3) is 5.91 Å². The van der Waals surface area contributed by atoms with E-state index < -0.39 is 11.5 Å². The van der Waals surface area contributed by atoms with Gasteiger partial charge in [0.1, 0.15) is 28.3 Å². The van der Waals surface area contributed by atoms with Gasteiger partial charge in [-0.2, -0.15) is 19.7 Å². The highest BCUT2D eigenvalue weighted by Crippen LogP contribution is 2.44. The molecular formula is C29H28F2N8O3S. The quantitative estimate of drug-likeness (QED) is 0.328. The van der Waals surface area contributed by atoms with Gasteiger partial charge in [0.2, 0.25) is 5.95 Å². The molecule has 0 spiro atoms. The lowest BCUT2D eigenvalue weighted by atomic mass is 10.0. The number of benzene rings is 1. The van der Waals surface area contributed by atoms with Crippen molar-refractivity contribution in [2.75, 3.05) is 56.2 Å². The molecule has 1 atom stereocenters. The molecule has 14 heteroatoms. The van der Waals surface area contributed by atoms with Crippen molar-refractivity contribution in [3.8, 4) is 17.3 Å². The van der Waals surface area contributed by atoms with Crippen LogP contribution in [0.4, 0.5) is 25.4 Å². The summed E-state index contributed by atoms with van der Waals surface area (Å²) >= 11 is 1.21. The molecule has 11 nitrogen and oxygen atoms in total. The van der Waals surface area contributed by atoms with Crippen LogP contribution >= 0.6 is 11.3 Å². The minimum Gasteiger partial charge on any atom is -0.378 e. The summed E-state index contributed by atoms with van der Waals surface area (Å²) in [5.41, 5.74) is 0.162. The van der Waals surface area contributed by atoms with Gasteiger partial charge in [-0.05, 0) is 43.2 Å². The number of nitriles is 1. The third-order valence-electron chi connectivity index (χ3n) is 8.24. The standard InChI is InChI=1S/C29H28F2N8O3S/c1-36(28-33-23(22(15-32)43-28)17-2-4-18(30)5-3-17)26-20-14-21(24(31)34-25(20)35-39(26)19-6-7-19)37-9-11-38(12-10-37)27(40)29(41)8-13-42-16-29/h2-5,14,19,41H,6-13,16H2,1H3/t29-/m1/s1. The Hall–Kier alpha value is -4.19. The van der Waals surface area contributed by atoms with E-state index >= 15 is 4.39 Å². The lowest BCUT2D eigenvalue weighted by Crippen LogP contribution is -2.56. The Morgan fingerprint density at radius 2 is 1.93 bits per heavy atom. The molecule has 3 aromatic heterocycles. The van der Waals surface area contributed by atoms with Crippen molar-refractivity contribution in [1.82, 2.24) is 24.6 Å². The van der Waals surface area contributed by atoms with Crippen LogP contribution in [-0.2, 0) is 9.53 Å². The second-order valence-electron chi connectivity index (χ2n) is 11.1. The summed E-state index contributed by atoms with van der Waals surface area (Å²) in [5, 5.41) is 26.3. The van der Waals surface area contributed by atoms with Gasteiger partial charge in [-0.15, -0.1) is 0 Å². The fourth-order valence-electron chi connectivity index (χ4n) is 5.70. The molecule has 5 heterocycles. The first kappa shape index (κ1) is 27.6. The zero-order valence-corrected chi connectivity index (χ0v) is 24.2. The molecule has 1 amide bonds. The van der Waals surface area contributed by atoms with E-state index in [0.717, 1.165) is 12.8 Å². The number of carbonyl (C=O) groups is 1. The van der Waals surface area contributed by atoms with E-state index in [-0.39, 0.29) is 36.4 Å². The third kappa shape index (κ3) is 4.87. The Balaban J connectivity index is 1.21. The number of aliphatic hydroxyl groups is 1. The molecule has 3 aliphatic rings. The van der Waals surface area contributed by atoms with E-state index in [9.17, 15) is 19.6 Å². The van der Waals surface area contributed by atoms with E-state index in [1.54, 1.807) is 23.1 Å². The van der Waals surface area contributed by atoms with Gasteiger partial charge in [0.05, 0.1) is 30.3 Å². The van der Waals surface area contributed by atoms with Crippen LogP contribution in [0.1, 0.15) is 30.2 Å². The molecule has 1 saturated carbocycles. The zero-order valence-electron chi connectivity index (χ0n) is 23.3. The molecule has 222 valence electrons. The number of aromatic nitrogens is 4. The summed E-state index contributed by atoms with van der Waals surface area (Å²) < 4.78 is 36.1. The number of piperazine rings is 1. The van der Waals surface area contributed by atoms with E-state index in [1.165, 1.54) is 23.5 Å². The number of hydrogen-bond donors (Lipinski definition) is 1. The monoisotopic (exact) mass is 606 g/mol. The molecule has 3 fully saturated rings. The molecule has 2 aliphatic heterocycles. The Bertz CT molecular complexity index is 1750. The maximum absolute atomic E-state index is 15.4. The second-order valence-corrected chi connectivity index (χ2v) is 12.1. The van der Waals surface area contributed by atoms with Gasteiger partial charge in [-0.25, -0.2) is 14.1 Å². The number of nitrogens with zero attached hydrogens (tertiary/aromatic N) is 8. The van der Waals surface area contributed by atoms with Crippen LogP contribution < -0.4 is 9.80 Å². The van der Waals surface area contributed by atoms with Crippen molar-refractivity contribution in [1.29, 1.82) is 5.26 Å². The number of rotatable bonds is 6. The number of thiazole rings is 1. The molecule has 0 radical (unpaired) electrons. The zero-order chi connectivity index (χ0) is 29.9. The molecule has 0 unspecified atom stereocenters. The molecule has 1 N–H and O–H groups in total. The molecule has 43 heavy (non-hydrogen) atoms. The van der Waals surface area contributed by atoms with Gasteiger partial charge in [-0.1, -0.05) is 11.3 Å². The smallest absolute Gasteiger partial charge is 0.257 e. The van der Waals surface area contributed by atoms with Crippen LogP contribution in [0.5, 0.6) is 0 Å². The number of pyridine rings is 1. The van der Waals surface area contributed by atoms with Gasteiger partial charge in [0.15, 0.2) is 16.4 Å².